The maximum absolute atomic E-state index is 12.2. The third kappa shape index (κ3) is 6.72. The average molecular weight is 419 g/mol. The molecule has 1 aromatic heterocycles. The summed E-state index contributed by atoms with van der Waals surface area (Å²) in [5, 5.41) is 5.91. The van der Waals surface area contributed by atoms with E-state index < -0.39 is 12.4 Å². The van der Waals surface area contributed by atoms with Gasteiger partial charge in [0.05, 0.1) is 11.9 Å². The zero-order chi connectivity index (χ0) is 20.9. The van der Waals surface area contributed by atoms with E-state index in [1.54, 1.807) is 12.1 Å². The Labute approximate surface area is 169 Å². The van der Waals surface area contributed by atoms with Crippen LogP contribution in [0.2, 0.25) is 0 Å². The van der Waals surface area contributed by atoms with Crippen LogP contribution < -0.4 is 15.4 Å². The quantitative estimate of drug-likeness (QED) is 0.526. The Hall–Kier alpha value is -3.20. The minimum atomic E-state index is -4.76. The van der Waals surface area contributed by atoms with Gasteiger partial charge in [-0.1, -0.05) is 29.5 Å². The molecule has 0 spiro atoms. The number of anilines is 2. The maximum Gasteiger partial charge on any atom is 0.573 e. The zero-order valence-electron chi connectivity index (χ0n) is 15.2. The van der Waals surface area contributed by atoms with Crippen LogP contribution in [0.4, 0.5) is 29.3 Å². The first-order chi connectivity index (χ1) is 13.8. The maximum atomic E-state index is 12.2. The average Bonchev–Trinajstić information content (AvgIpc) is 2.66. The highest BCUT2D eigenvalue weighted by atomic mass is 32.2. The summed E-state index contributed by atoms with van der Waals surface area (Å²) in [5.74, 6) is -0.366. The Morgan fingerprint density at radius 3 is 2.14 bits per heavy atom. The Balaban J connectivity index is 1.53. The lowest BCUT2D eigenvalue weighted by Gasteiger charge is -2.10. The second kappa shape index (κ2) is 8.87. The molecule has 150 valence electrons. The molecular formula is C20H16F3N3O2S. The lowest BCUT2D eigenvalue weighted by atomic mass is 10.2. The van der Waals surface area contributed by atoms with Crippen molar-refractivity contribution in [1.29, 1.82) is 0 Å². The van der Waals surface area contributed by atoms with Crippen LogP contribution in [0.25, 0.3) is 0 Å². The van der Waals surface area contributed by atoms with Crippen LogP contribution in [-0.4, -0.2) is 17.4 Å². The summed E-state index contributed by atoms with van der Waals surface area (Å²) < 4.78 is 40.2. The molecule has 0 aliphatic heterocycles. The predicted molar refractivity (Wildman–Crippen MR) is 105 cm³/mol. The topological polar surface area (TPSA) is 63.2 Å². The lowest BCUT2D eigenvalue weighted by Crippen LogP contribution is -2.19. The minimum Gasteiger partial charge on any atom is -0.406 e. The van der Waals surface area contributed by atoms with Crippen molar-refractivity contribution >= 4 is 29.2 Å². The van der Waals surface area contributed by atoms with Gasteiger partial charge in [-0.05, 0) is 55.5 Å². The molecule has 0 radical (unpaired) electrons. The fraction of sp³-hybridized carbons (Fsp3) is 0.100. The van der Waals surface area contributed by atoms with Crippen molar-refractivity contribution in [3.8, 4) is 5.75 Å². The van der Waals surface area contributed by atoms with E-state index in [2.05, 4.69) is 20.4 Å². The van der Waals surface area contributed by atoms with E-state index in [4.69, 9.17) is 0 Å². The molecule has 5 nitrogen and oxygen atoms in total. The summed E-state index contributed by atoms with van der Waals surface area (Å²) in [6.45, 7) is 2.02. The molecule has 0 fully saturated rings. The molecule has 29 heavy (non-hydrogen) atoms. The van der Waals surface area contributed by atoms with Gasteiger partial charge >= 0.3 is 12.4 Å². The largest absolute Gasteiger partial charge is 0.573 e. The highest BCUT2D eigenvalue weighted by Crippen LogP contribution is 2.27. The van der Waals surface area contributed by atoms with Crippen LogP contribution in [0.15, 0.2) is 76.8 Å². The van der Waals surface area contributed by atoms with Crippen molar-refractivity contribution in [3.05, 3.63) is 72.4 Å². The molecule has 3 rings (SSSR count). The van der Waals surface area contributed by atoms with Crippen molar-refractivity contribution in [2.24, 2.45) is 0 Å². The van der Waals surface area contributed by atoms with Gasteiger partial charge < -0.3 is 15.4 Å². The normalized spacial score (nSPS) is 11.0. The van der Waals surface area contributed by atoms with Gasteiger partial charge in [0.2, 0.25) is 0 Å². The molecule has 2 N–H and O–H groups in total. The summed E-state index contributed by atoms with van der Waals surface area (Å²) in [7, 11) is 0. The van der Waals surface area contributed by atoms with Gasteiger partial charge in [0.15, 0.2) is 0 Å². The van der Waals surface area contributed by atoms with Gasteiger partial charge in [-0.3, -0.25) is 0 Å². The van der Waals surface area contributed by atoms with E-state index in [1.165, 1.54) is 35.7 Å². The molecule has 0 bridgehead atoms. The van der Waals surface area contributed by atoms with Gasteiger partial charge in [0.25, 0.3) is 0 Å². The summed E-state index contributed by atoms with van der Waals surface area (Å²) >= 11 is 1.50. The fourth-order valence-electron chi connectivity index (χ4n) is 2.28. The lowest BCUT2D eigenvalue weighted by molar-refractivity contribution is -0.274. The third-order valence-electron chi connectivity index (χ3n) is 3.58. The third-order valence-corrected chi connectivity index (χ3v) is 4.54. The van der Waals surface area contributed by atoms with Crippen LogP contribution in [0.3, 0.4) is 0 Å². The number of nitrogens with one attached hydrogen (secondary N) is 2. The molecule has 0 unspecified atom stereocenters. The number of halogens is 3. The number of hydrogen-bond donors (Lipinski definition) is 2. The van der Waals surface area contributed by atoms with E-state index in [0.29, 0.717) is 11.4 Å². The van der Waals surface area contributed by atoms with Crippen LogP contribution in [0.1, 0.15) is 5.56 Å². The Kier molecular flexibility index (Phi) is 6.28. The Bertz CT molecular complexity index is 960. The highest BCUT2D eigenvalue weighted by Gasteiger charge is 2.30. The van der Waals surface area contributed by atoms with E-state index in [1.807, 2.05) is 31.2 Å². The summed E-state index contributed by atoms with van der Waals surface area (Å²) in [6.07, 6.45) is -3.24. The SMILES string of the molecule is Cc1ccc(Sc2ccc(NC(=O)Nc3ccc(OC(F)(F)F)cc3)cn2)cc1. The van der Waals surface area contributed by atoms with Crippen molar-refractivity contribution in [2.45, 2.75) is 23.2 Å². The molecule has 0 aliphatic rings. The van der Waals surface area contributed by atoms with Crippen molar-refractivity contribution in [3.63, 3.8) is 0 Å². The number of carbonyl (C=O) groups excluding carboxylic acids is 1. The molecule has 2 amide bonds. The molecule has 9 heteroatoms. The molecular weight excluding hydrogens is 403 g/mol. The zero-order valence-corrected chi connectivity index (χ0v) is 16.0. The number of benzene rings is 2. The van der Waals surface area contributed by atoms with E-state index in [9.17, 15) is 18.0 Å². The van der Waals surface area contributed by atoms with Crippen molar-refractivity contribution in [1.82, 2.24) is 4.98 Å². The van der Waals surface area contributed by atoms with Crippen LogP contribution in [0, 0.1) is 6.92 Å². The smallest absolute Gasteiger partial charge is 0.406 e. The number of urea groups is 1. The number of amides is 2. The highest BCUT2D eigenvalue weighted by molar-refractivity contribution is 7.99. The van der Waals surface area contributed by atoms with Gasteiger partial charge in [-0.2, -0.15) is 0 Å². The molecule has 0 saturated carbocycles. The summed E-state index contributed by atoms with van der Waals surface area (Å²) in [5.41, 5.74) is 1.97. The molecule has 0 aliphatic carbocycles. The van der Waals surface area contributed by atoms with Crippen LogP contribution in [-0.2, 0) is 0 Å². The molecule has 3 aromatic rings. The van der Waals surface area contributed by atoms with Gasteiger partial charge in [-0.15, -0.1) is 13.2 Å². The Morgan fingerprint density at radius 1 is 0.931 bits per heavy atom. The number of alkyl halides is 3. The first-order valence-corrected chi connectivity index (χ1v) is 9.23. The number of aryl methyl sites for hydroxylation is 1. The summed E-state index contributed by atoms with van der Waals surface area (Å²) in [6, 6.07) is 15.8. The number of carbonyl (C=O) groups is 1. The van der Waals surface area contributed by atoms with E-state index in [-0.39, 0.29) is 5.75 Å². The minimum absolute atomic E-state index is 0.316. The number of pyridine rings is 1. The molecule has 0 atom stereocenters. The monoisotopic (exact) mass is 419 g/mol. The van der Waals surface area contributed by atoms with Crippen molar-refractivity contribution < 1.29 is 22.7 Å². The second-order valence-electron chi connectivity index (χ2n) is 5.95. The second-order valence-corrected chi connectivity index (χ2v) is 7.05. The van der Waals surface area contributed by atoms with Crippen LogP contribution >= 0.6 is 11.8 Å². The van der Waals surface area contributed by atoms with E-state index >= 15 is 0 Å². The summed E-state index contributed by atoms with van der Waals surface area (Å²) in [4.78, 5) is 17.4. The van der Waals surface area contributed by atoms with E-state index in [0.717, 1.165) is 22.1 Å². The van der Waals surface area contributed by atoms with Gasteiger partial charge in [0.1, 0.15) is 10.8 Å². The number of ether oxygens (including phenoxy) is 1. The van der Waals surface area contributed by atoms with Gasteiger partial charge in [-0.25, -0.2) is 9.78 Å². The molecule has 2 aromatic carbocycles. The molecule has 0 saturated heterocycles. The number of aromatic nitrogens is 1. The molecule has 1 heterocycles. The Morgan fingerprint density at radius 2 is 1.55 bits per heavy atom. The van der Waals surface area contributed by atoms with Crippen molar-refractivity contribution in [2.75, 3.05) is 10.6 Å². The predicted octanol–water partition coefficient (Wildman–Crippen LogP) is 6.08. The fourth-order valence-corrected chi connectivity index (χ4v) is 3.03. The number of nitrogens with zero attached hydrogens (tertiary/aromatic N) is 1. The number of rotatable bonds is 5. The first-order valence-electron chi connectivity index (χ1n) is 8.41. The van der Waals surface area contributed by atoms with Crippen LogP contribution in [0.5, 0.6) is 5.75 Å². The standard InChI is InChI=1S/C20H16F3N3O2S/c1-13-2-9-17(10-3-13)29-18-11-6-15(12-24-18)26-19(27)25-14-4-7-16(8-5-14)28-20(21,22)23/h2-12H,1H3,(H2,25,26,27). The number of hydrogen-bond acceptors (Lipinski definition) is 4. The van der Waals surface area contributed by atoms with Gasteiger partial charge in [0, 0.05) is 10.6 Å². The first kappa shape index (κ1) is 20.5.